The Kier molecular flexibility index (Phi) is 5.50. The van der Waals surface area contributed by atoms with E-state index in [0.29, 0.717) is 29.7 Å². The Labute approximate surface area is 168 Å². The third-order valence-electron chi connectivity index (χ3n) is 5.04. The number of nitrogens with one attached hydrogen (secondary N) is 1. The van der Waals surface area contributed by atoms with E-state index in [-0.39, 0.29) is 18.4 Å². The number of nitrogens with zero attached hydrogens (tertiary/aromatic N) is 2. The van der Waals surface area contributed by atoms with Crippen LogP contribution in [0.4, 0.5) is 6.01 Å². The fraction of sp³-hybridized carbons (Fsp3) is 0.333. The smallest absolute Gasteiger partial charge is 0.298 e. The first-order valence-electron chi connectivity index (χ1n) is 9.40. The number of anilines is 1. The maximum atomic E-state index is 12.7. The quantitative estimate of drug-likeness (QED) is 0.686. The zero-order valence-corrected chi connectivity index (χ0v) is 16.2. The lowest BCUT2D eigenvalue weighted by Gasteiger charge is -2.30. The molecule has 2 heterocycles. The summed E-state index contributed by atoms with van der Waals surface area (Å²) in [4.78, 5) is 19.2. The summed E-state index contributed by atoms with van der Waals surface area (Å²) < 4.78 is 5.85. The van der Waals surface area contributed by atoms with E-state index < -0.39 is 0 Å². The zero-order valence-electron chi connectivity index (χ0n) is 15.4. The highest BCUT2D eigenvalue weighted by atomic mass is 35.5. The summed E-state index contributed by atoms with van der Waals surface area (Å²) in [5, 5.41) is 12.9. The molecule has 1 aromatic heterocycles. The molecular formula is C21H22ClN3O3. The lowest BCUT2D eigenvalue weighted by Crippen LogP contribution is -2.43. The average molecular weight is 400 g/mol. The standard InChI is InChI=1S/C21H22ClN3O3/c22-17-6-7-19-18(10-17)24-21(28-19)25-8-2-5-16(12-25)20(27)23-11-14-3-1-4-15(9-14)13-26/h1,3-4,6-7,9-10,16,26H,2,5,8,11-13H2,(H,23,27). The van der Waals surface area contributed by atoms with Crippen LogP contribution in [-0.4, -0.2) is 29.1 Å². The molecule has 146 valence electrons. The van der Waals surface area contributed by atoms with Gasteiger partial charge in [0.15, 0.2) is 5.58 Å². The van der Waals surface area contributed by atoms with Gasteiger partial charge in [0, 0.05) is 24.7 Å². The molecule has 6 nitrogen and oxygen atoms in total. The number of halogens is 1. The van der Waals surface area contributed by atoms with Crippen molar-refractivity contribution >= 4 is 34.6 Å². The first kappa shape index (κ1) is 18.8. The van der Waals surface area contributed by atoms with E-state index in [0.717, 1.165) is 36.0 Å². The van der Waals surface area contributed by atoms with Gasteiger partial charge in [0.25, 0.3) is 6.01 Å². The van der Waals surface area contributed by atoms with Crippen molar-refractivity contribution in [3.05, 3.63) is 58.6 Å². The molecular weight excluding hydrogens is 378 g/mol. The molecule has 1 aliphatic heterocycles. The molecule has 0 saturated carbocycles. The Bertz CT molecular complexity index is 988. The number of carbonyl (C=O) groups is 1. The highest BCUT2D eigenvalue weighted by Gasteiger charge is 2.28. The van der Waals surface area contributed by atoms with Crippen molar-refractivity contribution in [2.45, 2.75) is 26.0 Å². The minimum atomic E-state index is -0.117. The number of piperidine rings is 1. The van der Waals surface area contributed by atoms with Crippen LogP contribution >= 0.6 is 11.6 Å². The Morgan fingerprint density at radius 3 is 3.00 bits per heavy atom. The third-order valence-corrected chi connectivity index (χ3v) is 5.28. The molecule has 1 saturated heterocycles. The van der Waals surface area contributed by atoms with Gasteiger partial charge in [-0.2, -0.15) is 4.98 Å². The van der Waals surface area contributed by atoms with Crippen molar-refractivity contribution in [2.75, 3.05) is 18.0 Å². The minimum Gasteiger partial charge on any atom is -0.423 e. The van der Waals surface area contributed by atoms with E-state index in [1.54, 1.807) is 12.1 Å². The van der Waals surface area contributed by atoms with E-state index in [1.807, 2.05) is 35.2 Å². The molecule has 1 atom stereocenters. The van der Waals surface area contributed by atoms with Gasteiger partial charge >= 0.3 is 0 Å². The van der Waals surface area contributed by atoms with Gasteiger partial charge in [-0.05, 0) is 42.2 Å². The molecule has 0 radical (unpaired) electrons. The van der Waals surface area contributed by atoms with Crippen molar-refractivity contribution in [1.29, 1.82) is 0 Å². The number of amides is 1. The van der Waals surface area contributed by atoms with Crippen molar-refractivity contribution < 1.29 is 14.3 Å². The summed E-state index contributed by atoms with van der Waals surface area (Å²) in [6, 6.07) is 13.5. The number of oxazole rings is 1. The van der Waals surface area contributed by atoms with Crippen molar-refractivity contribution in [1.82, 2.24) is 10.3 Å². The summed E-state index contributed by atoms with van der Waals surface area (Å²) in [6.45, 7) is 1.82. The maximum Gasteiger partial charge on any atom is 0.298 e. The topological polar surface area (TPSA) is 78.6 Å². The first-order chi connectivity index (χ1) is 13.6. The maximum absolute atomic E-state index is 12.7. The van der Waals surface area contributed by atoms with Gasteiger partial charge in [-0.3, -0.25) is 4.79 Å². The fourth-order valence-electron chi connectivity index (χ4n) is 3.56. The number of aliphatic hydroxyl groups excluding tert-OH is 1. The second-order valence-electron chi connectivity index (χ2n) is 7.09. The molecule has 0 aliphatic carbocycles. The molecule has 0 spiro atoms. The summed E-state index contributed by atoms with van der Waals surface area (Å²) >= 11 is 6.02. The van der Waals surface area contributed by atoms with Gasteiger partial charge in [-0.25, -0.2) is 0 Å². The molecule has 4 rings (SSSR count). The van der Waals surface area contributed by atoms with E-state index >= 15 is 0 Å². The summed E-state index contributed by atoms with van der Waals surface area (Å²) in [7, 11) is 0. The van der Waals surface area contributed by atoms with E-state index in [9.17, 15) is 9.90 Å². The lowest BCUT2D eigenvalue weighted by atomic mass is 9.97. The number of fused-ring (bicyclic) bond motifs is 1. The van der Waals surface area contributed by atoms with Crippen LogP contribution in [0.25, 0.3) is 11.1 Å². The molecule has 1 unspecified atom stereocenters. The van der Waals surface area contributed by atoms with Crippen molar-refractivity contribution in [3.63, 3.8) is 0 Å². The zero-order chi connectivity index (χ0) is 19.5. The predicted molar refractivity (Wildman–Crippen MR) is 108 cm³/mol. The van der Waals surface area contributed by atoms with Crippen LogP contribution in [0.15, 0.2) is 46.9 Å². The molecule has 0 bridgehead atoms. The molecule has 1 amide bonds. The minimum absolute atomic E-state index is 0.00488. The second kappa shape index (κ2) is 8.20. The molecule has 3 aromatic rings. The number of benzene rings is 2. The van der Waals surface area contributed by atoms with Crippen LogP contribution in [0, 0.1) is 5.92 Å². The molecule has 28 heavy (non-hydrogen) atoms. The number of rotatable bonds is 5. The number of hydrogen-bond donors (Lipinski definition) is 2. The van der Waals surface area contributed by atoms with Gasteiger partial charge in [0.2, 0.25) is 5.91 Å². The monoisotopic (exact) mass is 399 g/mol. The second-order valence-corrected chi connectivity index (χ2v) is 7.53. The largest absolute Gasteiger partial charge is 0.423 e. The molecule has 1 aliphatic rings. The average Bonchev–Trinajstić information content (AvgIpc) is 3.15. The Hall–Kier alpha value is -2.57. The number of aliphatic hydroxyl groups is 1. The van der Waals surface area contributed by atoms with Gasteiger partial charge in [0.05, 0.1) is 12.5 Å². The van der Waals surface area contributed by atoms with Gasteiger partial charge < -0.3 is 19.7 Å². The SMILES string of the molecule is O=C(NCc1cccc(CO)c1)C1CCCN(c2nc3cc(Cl)ccc3o2)C1. The van der Waals surface area contributed by atoms with Crippen molar-refractivity contribution in [2.24, 2.45) is 5.92 Å². The van der Waals surface area contributed by atoms with Gasteiger partial charge in [-0.15, -0.1) is 0 Å². The van der Waals surface area contributed by atoms with Crippen LogP contribution in [-0.2, 0) is 17.9 Å². The predicted octanol–water partition coefficient (Wildman–Crippen LogP) is 3.51. The number of carbonyl (C=O) groups excluding carboxylic acids is 1. The lowest BCUT2D eigenvalue weighted by molar-refractivity contribution is -0.125. The normalized spacial score (nSPS) is 17.1. The van der Waals surface area contributed by atoms with E-state index in [2.05, 4.69) is 10.3 Å². The highest BCUT2D eigenvalue weighted by molar-refractivity contribution is 6.31. The van der Waals surface area contributed by atoms with Crippen LogP contribution in [0.5, 0.6) is 0 Å². The van der Waals surface area contributed by atoms with Gasteiger partial charge in [0.1, 0.15) is 5.52 Å². The van der Waals surface area contributed by atoms with Crippen LogP contribution < -0.4 is 10.2 Å². The van der Waals surface area contributed by atoms with Crippen LogP contribution in [0.1, 0.15) is 24.0 Å². The summed E-state index contributed by atoms with van der Waals surface area (Å²) in [5.41, 5.74) is 3.22. The van der Waals surface area contributed by atoms with E-state index in [4.69, 9.17) is 16.0 Å². The molecule has 1 fully saturated rings. The first-order valence-corrected chi connectivity index (χ1v) is 9.77. The van der Waals surface area contributed by atoms with E-state index in [1.165, 1.54) is 0 Å². The molecule has 2 aromatic carbocycles. The Morgan fingerprint density at radius 2 is 2.14 bits per heavy atom. The molecule has 7 heteroatoms. The third kappa shape index (κ3) is 4.13. The fourth-order valence-corrected chi connectivity index (χ4v) is 3.73. The Morgan fingerprint density at radius 1 is 1.29 bits per heavy atom. The van der Waals surface area contributed by atoms with Crippen LogP contribution in [0.3, 0.4) is 0 Å². The van der Waals surface area contributed by atoms with Gasteiger partial charge in [-0.1, -0.05) is 35.9 Å². The number of hydrogen-bond acceptors (Lipinski definition) is 5. The molecule has 2 N–H and O–H groups in total. The summed E-state index contributed by atoms with van der Waals surface area (Å²) in [6.07, 6.45) is 1.74. The summed E-state index contributed by atoms with van der Waals surface area (Å²) in [5.74, 6) is -0.0911. The van der Waals surface area contributed by atoms with Crippen molar-refractivity contribution in [3.8, 4) is 0 Å². The van der Waals surface area contributed by atoms with Crippen LogP contribution in [0.2, 0.25) is 5.02 Å². The number of aromatic nitrogens is 1. The Balaban J connectivity index is 1.40. The highest BCUT2D eigenvalue weighted by Crippen LogP contribution is 2.28.